The van der Waals surface area contributed by atoms with Crippen LogP contribution in [0.3, 0.4) is 0 Å². The highest BCUT2D eigenvalue weighted by atomic mass is 79.9. The van der Waals surface area contributed by atoms with Gasteiger partial charge in [-0.2, -0.15) is 0 Å². The minimum absolute atomic E-state index is 0.0238. The van der Waals surface area contributed by atoms with Crippen LogP contribution in [0.1, 0.15) is 42.5 Å². The lowest BCUT2D eigenvalue weighted by atomic mass is 10.0. The number of piperidine rings is 1. The largest absolute Gasteiger partial charge is 0.484 e. The molecule has 5 heteroatoms. The van der Waals surface area contributed by atoms with E-state index in [-0.39, 0.29) is 11.9 Å². The van der Waals surface area contributed by atoms with E-state index in [1.54, 1.807) is 12.1 Å². The van der Waals surface area contributed by atoms with Crippen molar-refractivity contribution < 1.29 is 13.9 Å². The van der Waals surface area contributed by atoms with Gasteiger partial charge < -0.3 is 14.1 Å². The van der Waals surface area contributed by atoms with Gasteiger partial charge in [0.25, 0.3) is 5.91 Å². The van der Waals surface area contributed by atoms with Gasteiger partial charge >= 0.3 is 0 Å². The Morgan fingerprint density at radius 3 is 2.91 bits per heavy atom. The maximum atomic E-state index is 12.5. The normalized spacial score (nSPS) is 18.0. The second-order valence-corrected chi connectivity index (χ2v) is 6.68. The molecular formula is C18H20BrNO3. The highest BCUT2D eigenvalue weighted by Crippen LogP contribution is 2.25. The molecule has 0 bridgehead atoms. The van der Waals surface area contributed by atoms with Crippen molar-refractivity contribution in [2.24, 2.45) is 0 Å². The summed E-state index contributed by atoms with van der Waals surface area (Å²) in [6.07, 6.45) is 3.31. The number of rotatable bonds is 4. The fourth-order valence-electron chi connectivity index (χ4n) is 2.82. The number of nitrogens with zero attached hydrogens (tertiary/aromatic N) is 1. The molecule has 1 aromatic heterocycles. The van der Waals surface area contributed by atoms with E-state index >= 15 is 0 Å². The van der Waals surface area contributed by atoms with Gasteiger partial charge in [0.15, 0.2) is 5.76 Å². The van der Waals surface area contributed by atoms with E-state index in [0.717, 1.165) is 29.6 Å². The highest BCUT2D eigenvalue weighted by Gasteiger charge is 2.26. The Kier molecular flexibility index (Phi) is 5.06. The van der Waals surface area contributed by atoms with Gasteiger partial charge in [-0.1, -0.05) is 12.1 Å². The molecule has 1 aliphatic rings. The Hall–Kier alpha value is -1.75. The van der Waals surface area contributed by atoms with Gasteiger partial charge in [-0.3, -0.25) is 4.79 Å². The van der Waals surface area contributed by atoms with Crippen LogP contribution in [0.15, 0.2) is 45.3 Å². The molecule has 3 rings (SSSR count). The summed E-state index contributed by atoms with van der Waals surface area (Å²) in [6.45, 7) is 3.20. The lowest BCUT2D eigenvalue weighted by Gasteiger charge is -2.32. The first kappa shape index (κ1) is 16.1. The first-order chi connectivity index (χ1) is 11.1. The molecular weight excluding hydrogens is 358 g/mol. The number of halogens is 1. The lowest BCUT2D eigenvalue weighted by Crippen LogP contribution is -2.41. The molecule has 23 heavy (non-hydrogen) atoms. The smallest absolute Gasteiger partial charge is 0.289 e. The number of hydrogen-bond acceptors (Lipinski definition) is 3. The van der Waals surface area contributed by atoms with E-state index in [9.17, 15) is 4.79 Å². The van der Waals surface area contributed by atoms with Crippen LogP contribution in [0.5, 0.6) is 5.75 Å². The average Bonchev–Trinajstić information content (AvgIpc) is 3.03. The molecule has 0 unspecified atom stereocenters. The number of amides is 1. The van der Waals surface area contributed by atoms with E-state index in [1.807, 2.05) is 29.2 Å². The summed E-state index contributed by atoms with van der Waals surface area (Å²) < 4.78 is 12.3. The molecule has 4 nitrogen and oxygen atoms in total. The Bertz CT molecular complexity index is 682. The van der Waals surface area contributed by atoms with Crippen molar-refractivity contribution in [3.63, 3.8) is 0 Å². The number of para-hydroxylation sites is 1. The van der Waals surface area contributed by atoms with Gasteiger partial charge in [0.2, 0.25) is 0 Å². The molecule has 0 aliphatic carbocycles. The zero-order valence-corrected chi connectivity index (χ0v) is 14.7. The second-order valence-electron chi connectivity index (χ2n) is 5.83. The third kappa shape index (κ3) is 3.78. The summed E-state index contributed by atoms with van der Waals surface area (Å²) in [5.74, 6) is 1.77. The van der Waals surface area contributed by atoms with Crippen molar-refractivity contribution in [2.75, 3.05) is 6.54 Å². The first-order valence-electron chi connectivity index (χ1n) is 7.92. The number of likely N-dealkylation sites (tertiary alicyclic amines) is 1. The quantitative estimate of drug-likeness (QED) is 0.779. The summed E-state index contributed by atoms with van der Waals surface area (Å²) in [5.41, 5.74) is 0. The fraction of sp³-hybridized carbons (Fsp3) is 0.389. The zero-order chi connectivity index (χ0) is 16.2. The van der Waals surface area contributed by atoms with Crippen LogP contribution in [0, 0.1) is 0 Å². The molecule has 1 aromatic carbocycles. The van der Waals surface area contributed by atoms with Gasteiger partial charge in [-0.25, -0.2) is 0 Å². The molecule has 0 saturated carbocycles. The number of furan rings is 1. The number of carbonyl (C=O) groups excluding carboxylic acids is 1. The Morgan fingerprint density at radius 2 is 2.13 bits per heavy atom. The zero-order valence-electron chi connectivity index (χ0n) is 13.1. The van der Waals surface area contributed by atoms with Crippen molar-refractivity contribution in [1.29, 1.82) is 0 Å². The minimum Gasteiger partial charge on any atom is -0.484 e. The molecule has 1 fully saturated rings. The number of ether oxygens (including phenoxy) is 1. The van der Waals surface area contributed by atoms with E-state index < -0.39 is 0 Å². The third-order valence-corrected chi connectivity index (χ3v) is 4.80. The van der Waals surface area contributed by atoms with Crippen LogP contribution < -0.4 is 4.74 Å². The highest BCUT2D eigenvalue weighted by molar-refractivity contribution is 9.10. The second kappa shape index (κ2) is 7.21. The SMILES string of the molecule is C[C@@H]1CCCCN1C(=O)c1ccc(COc2ccccc2Br)o1. The Labute approximate surface area is 144 Å². The Morgan fingerprint density at radius 1 is 1.30 bits per heavy atom. The standard InChI is InChI=1S/C18H20BrNO3/c1-13-6-4-5-11-20(13)18(21)17-10-9-14(23-17)12-22-16-8-3-2-7-15(16)19/h2-3,7-10,13H,4-6,11-12H2,1H3/t13-/m1/s1. The number of carbonyl (C=O) groups is 1. The monoisotopic (exact) mass is 377 g/mol. The van der Waals surface area contributed by atoms with Crippen LogP contribution in [0.25, 0.3) is 0 Å². The van der Waals surface area contributed by atoms with Crippen LogP contribution in [0.4, 0.5) is 0 Å². The maximum absolute atomic E-state index is 12.5. The summed E-state index contributed by atoms with van der Waals surface area (Å²) in [7, 11) is 0. The van der Waals surface area contributed by atoms with Crippen molar-refractivity contribution in [1.82, 2.24) is 4.90 Å². The Balaban J connectivity index is 1.63. The van der Waals surface area contributed by atoms with Crippen molar-refractivity contribution in [3.8, 4) is 5.75 Å². The van der Waals surface area contributed by atoms with Crippen LogP contribution in [-0.2, 0) is 6.61 Å². The van der Waals surface area contributed by atoms with Crippen LogP contribution in [-0.4, -0.2) is 23.4 Å². The van der Waals surface area contributed by atoms with Crippen LogP contribution >= 0.6 is 15.9 Å². The van der Waals surface area contributed by atoms with E-state index in [2.05, 4.69) is 22.9 Å². The van der Waals surface area contributed by atoms with Crippen molar-refractivity contribution >= 4 is 21.8 Å². The maximum Gasteiger partial charge on any atom is 0.289 e. The molecule has 1 aliphatic heterocycles. The van der Waals surface area contributed by atoms with E-state index in [1.165, 1.54) is 6.42 Å². The van der Waals surface area contributed by atoms with Crippen molar-refractivity contribution in [3.05, 3.63) is 52.4 Å². The molecule has 2 aromatic rings. The molecule has 0 N–H and O–H groups in total. The molecule has 122 valence electrons. The molecule has 0 radical (unpaired) electrons. The van der Waals surface area contributed by atoms with Crippen LogP contribution in [0.2, 0.25) is 0 Å². The molecule has 1 atom stereocenters. The molecule has 1 saturated heterocycles. The first-order valence-corrected chi connectivity index (χ1v) is 8.71. The van der Waals surface area contributed by atoms with E-state index in [4.69, 9.17) is 9.15 Å². The summed E-state index contributed by atoms with van der Waals surface area (Å²) in [6, 6.07) is 11.5. The minimum atomic E-state index is -0.0238. The lowest BCUT2D eigenvalue weighted by molar-refractivity contribution is 0.0599. The predicted octanol–water partition coefficient (Wildman–Crippen LogP) is 4.64. The van der Waals surface area contributed by atoms with Gasteiger partial charge in [-0.05, 0) is 66.4 Å². The summed E-state index contributed by atoms with van der Waals surface area (Å²) in [4.78, 5) is 14.4. The number of hydrogen-bond donors (Lipinski definition) is 0. The fourth-order valence-corrected chi connectivity index (χ4v) is 3.22. The van der Waals surface area contributed by atoms with Gasteiger partial charge in [0.1, 0.15) is 18.1 Å². The van der Waals surface area contributed by atoms with Gasteiger partial charge in [-0.15, -0.1) is 0 Å². The third-order valence-electron chi connectivity index (χ3n) is 4.14. The molecule has 0 spiro atoms. The van der Waals surface area contributed by atoms with Gasteiger partial charge in [0.05, 0.1) is 4.47 Å². The summed E-state index contributed by atoms with van der Waals surface area (Å²) in [5, 5.41) is 0. The topological polar surface area (TPSA) is 42.7 Å². The average molecular weight is 378 g/mol. The number of benzene rings is 1. The predicted molar refractivity (Wildman–Crippen MR) is 91.5 cm³/mol. The van der Waals surface area contributed by atoms with Gasteiger partial charge in [0, 0.05) is 12.6 Å². The molecule has 2 heterocycles. The summed E-state index contributed by atoms with van der Waals surface area (Å²) >= 11 is 3.44. The van der Waals surface area contributed by atoms with E-state index in [0.29, 0.717) is 18.1 Å². The van der Waals surface area contributed by atoms with Crippen molar-refractivity contribution in [2.45, 2.75) is 38.8 Å². The molecule has 1 amide bonds.